The van der Waals surface area contributed by atoms with Crippen LogP contribution < -0.4 is 15.9 Å². The molecule has 206 valence electrons. The van der Waals surface area contributed by atoms with Gasteiger partial charge in [0.05, 0.1) is 34.1 Å². The van der Waals surface area contributed by atoms with Gasteiger partial charge >= 0.3 is 5.69 Å². The molecule has 5 heterocycles. The standard InChI is InChI=1S/C29H28ClFN6O3/c1-15(2)23-25(16(3)8-10-32-23)37-27-19(12-20(30)24(34-27)18-6-4-5-7-21(18)31)26(35-29(37)39)36-11-9-17(13-36)33-28(38)22-14-40-22/h4-8,10,12,15,17,22H,9,11,13-14H2,1-3H3,(H,33,38)/t17-,22?/m1/s1. The number of hydrogen-bond acceptors (Lipinski definition) is 7. The van der Waals surface area contributed by atoms with Crippen LogP contribution in [0.25, 0.3) is 28.0 Å². The van der Waals surface area contributed by atoms with Crippen LogP contribution in [0.1, 0.15) is 37.4 Å². The molecule has 2 aliphatic heterocycles. The average Bonchev–Trinajstić information content (AvgIpc) is 3.68. The first-order chi connectivity index (χ1) is 19.2. The molecule has 2 aliphatic rings. The Bertz CT molecular complexity index is 1700. The van der Waals surface area contributed by atoms with Gasteiger partial charge in [0, 0.05) is 30.9 Å². The third kappa shape index (κ3) is 4.71. The molecule has 1 aromatic carbocycles. The lowest BCUT2D eigenvalue weighted by atomic mass is 10.0. The van der Waals surface area contributed by atoms with E-state index in [0.29, 0.717) is 54.3 Å². The SMILES string of the molecule is Cc1ccnc(C(C)C)c1-n1c(=O)nc(N2CC[C@@H](NC(=O)C3CO3)C2)c2cc(Cl)c(-c3ccccc3F)nc21. The lowest BCUT2D eigenvalue weighted by Crippen LogP contribution is -2.40. The molecule has 1 unspecified atom stereocenters. The molecular formula is C29H28ClFN6O3. The fourth-order valence-corrected chi connectivity index (χ4v) is 5.49. The number of amides is 1. The summed E-state index contributed by atoms with van der Waals surface area (Å²) in [6.07, 6.45) is 2.01. The number of anilines is 1. The highest BCUT2D eigenvalue weighted by atomic mass is 35.5. The number of carbonyl (C=O) groups is 1. The second-order valence-electron chi connectivity index (χ2n) is 10.5. The number of nitrogens with zero attached hydrogens (tertiary/aromatic N) is 5. The number of rotatable bonds is 6. The molecule has 0 spiro atoms. The highest BCUT2D eigenvalue weighted by Gasteiger charge is 2.35. The Balaban J connectivity index is 1.56. The molecule has 0 aliphatic carbocycles. The molecule has 0 saturated carbocycles. The molecule has 6 rings (SSSR count). The Morgan fingerprint density at radius 1 is 1.23 bits per heavy atom. The van der Waals surface area contributed by atoms with E-state index in [0.717, 1.165) is 5.56 Å². The first kappa shape index (κ1) is 26.3. The third-order valence-corrected chi connectivity index (χ3v) is 7.60. The first-order valence-corrected chi connectivity index (χ1v) is 13.6. The zero-order valence-electron chi connectivity index (χ0n) is 22.3. The maximum Gasteiger partial charge on any atom is 0.355 e. The zero-order chi connectivity index (χ0) is 28.1. The summed E-state index contributed by atoms with van der Waals surface area (Å²) >= 11 is 6.73. The van der Waals surface area contributed by atoms with Crippen LogP contribution in [0.15, 0.2) is 47.4 Å². The van der Waals surface area contributed by atoms with Gasteiger partial charge in [0.2, 0.25) is 0 Å². The van der Waals surface area contributed by atoms with E-state index in [1.54, 1.807) is 30.5 Å². The van der Waals surface area contributed by atoms with Crippen LogP contribution in [0.3, 0.4) is 0 Å². The molecule has 3 aromatic heterocycles. The number of aryl methyl sites for hydroxylation is 1. The molecule has 0 bridgehead atoms. The van der Waals surface area contributed by atoms with E-state index in [4.69, 9.17) is 21.3 Å². The van der Waals surface area contributed by atoms with E-state index in [1.165, 1.54) is 10.6 Å². The van der Waals surface area contributed by atoms with Crippen molar-refractivity contribution in [3.8, 4) is 16.9 Å². The van der Waals surface area contributed by atoms with Crippen LogP contribution in [-0.2, 0) is 9.53 Å². The Kier molecular flexibility index (Phi) is 6.75. The summed E-state index contributed by atoms with van der Waals surface area (Å²) in [5.74, 6) is -0.184. The lowest BCUT2D eigenvalue weighted by Gasteiger charge is -2.23. The second kappa shape index (κ2) is 10.3. The van der Waals surface area contributed by atoms with Gasteiger partial charge in [-0.2, -0.15) is 4.98 Å². The van der Waals surface area contributed by atoms with Crippen molar-refractivity contribution in [2.45, 2.75) is 45.3 Å². The number of ether oxygens (including phenoxy) is 1. The normalized spacial score (nSPS) is 18.5. The Labute approximate surface area is 235 Å². The number of fused-ring (bicyclic) bond motifs is 1. The maximum atomic E-state index is 14.9. The predicted molar refractivity (Wildman–Crippen MR) is 151 cm³/mol. The fraction of sp³-hybridized carbons (Fsp3) is 0.345. The smallest absolute Gasteiger partial charge is 0.355 e. The quantitative estimate of drug-likeness (QED) is 0.352. The molecule has 11 heteroatoms. The summed E-state index contributed by atoms with van der Waals surface area (Å²) < 4.78 is 21.4. The summed E-state index contributed by atoms with van der Waals surface area (Å²) in [6.45, 7) is 7.37. The molecule has 4 aromatic rings. The first-order valence-electron chi connectivity index (χ1n) is 13.2. The van der Waals surface area contributed by atoms with Crippen LogP contribution in [-0.4, -0.2) is 57.3 Å². The molecule has 1 N–H and O–H groups in total. The van der Waals surface area contributed by atoms with Crippen molar-refractivity contribution in [1.29, 1.82) is 0 Å². The zero-order valence-corrected chi connectivity index (χ0v) is 23.1. The minimum atomic E-state index is -0.534. The monoisotopic (exact) mass is 562 g/mol. The van der Waals surface area contributed by atoms with Gasteiger partial charge in [0.1, 0.15) is 11.6 Å². The number of pyridine rings is 2. The van der Waals surface area contributed by atoms with E-state index in [9.17, 15) is 14.0 Å². The van der Waals surface area contributed by atoms with Crippen molar-refractivity contribution in [2.75, 3.05) is 24.6 Å². The summed E-state index contributed by atoms with van der Waals surface area (Å²) in [6, 6.07) is 9.65. The Morgan fingerprint density at radius 3 is 2.73 bits per heavy atom. The van der Waals surface area contributed by atoms with Crippen LogP contribution in [0, 0.1) is 12.7 Å². The van der Waals surface area contributed by atoms with Gasteiger partial charge in [-0.05, 0) is 49.1 Å². The van der Waals surface area contributed by atoms with Gasteiger partial charge in [-0.25, -0.2) is 18.7 Å². The van der Waals surface area contributed by atoms with E-state index < -0.39 is 11.5 Å². The van der Waals surface area contributed by atoms with Crippen molar-refractivity contribution in [3.05, 3.63) is 75.2 Å². The van der Waals surface area contributed by atoms with Crippen molar-refractivity contribution in [2.24, 2.45) is 0 Å². The van der Waals surface area contributed by atoms with Crippen LogP contribution in [0.4, 0.5) is 10.2 Å². The molecule has 1 amide bonds. The number of hydrogen-bond donors (Lipinski definition) is 1. The van der Waals surface area contributed by atoms with E-state index in [1.807, 2.05) is 31.7 Å². The van der Waals surface area contributed by atoms with Crippen molar-refractivity contribution in [3.63, 3.8) is 0 Å². The van der Waals surface area contributed by atoms with E-state index >= 15 is 0 Å². The van der Waals surface area contributed by atoms with Gasteiger partial charge in [0.15, 0.2) is 11.8 Å². The number of nitrogens with one attached hydrogen (secondary N) is 1. The number of halogens is 2. The molecular weight excluding hydrogens is 535 g/mol. The van der Waals surface area contributed by atoms with Gasteiger partial charge in [-0.1, -0.05) is 37.6 Å². The minimum absolute atomic E-state index is 0.00765. The largest absolute Gasteiger partial charge is 0.363 e. The van der Waals surface area contributed by atoms with E-state index in [2.05, 4.69) is 15.3 Å². The highest BCUT2D eigenvalue weighted by molar-refractivity contribution is 6.33. The van der Waals surface area contributed by atoms with E-state index in [-0.39, 0.29) is 40.3 Å². The molecule has 9 nitrogen and oxygen atoms in total. The number of benzene rings is 1. The van der Waals surface area contributed by atoms with Crippen molar-refractivity contribution < 1.29 is 13.9 Å². The topological polar surface area (TPSA) is 106 Å². The number of epoxide rings is 1. The number of aromatic nitrogens is 4. The Hall–Kier alpha value is -3.89. The van der Waals surface area contributed by atoms with Gasteiger partial charge in [-0.15, -0.1) is 0 Å². The summed E-state index contributed by atoms with van der Waals surface area (Å²) in [5, 5.41) is 3.78. The summed E-state index contributed by atoms with van der Waals surface area (Å²) in [5.41, 5.74) is 2.35. The molecule has 2 saturated heterocycles. The van der Waals surface area contributed by atoms with Crippen LogP contribution in [0.5, 0.6) is 0 Å². The lowest BCUT2D eigenvalue weighted by molar-refractivity contribution is -0.122. The Morgan fingerprint density at radius 2 is 2.00 bits per heavy atom. The third-order valence-electron chi connectivity index (χ3n) is 7.32. The molecule has 40 heavy (non-hydrogen) atoms. The maximum absolute atomic E-state index is 14.9. The second-order valence-corrected chi connectivity index (χ2v) is 10.9. The summed E-state index contributed by atoms with van der Waals surface area (Å²) in [4.78, 5) is 42.0. The molecule has 2 fully saturated rings. The highest BCUT2D eigenvalue weighted by Crippen LogP contribution is 2.36. The fourth-order valence-electron chi connectivity index (χ4n) is 5.24. The minimum Gasteiger partial charge on any atom is -0.363 e. The molecule has 2 atom stereocenters. The van der Waals surface area contributed by atoms with Crippen LogP contribution >= 0.6 is 11.6 Å². The van der Waals surface area contributed by atoms with Crippen LogP contribution in [0.2, 0.25) is 5.02 Å². The van der Waals surface area contributed by atoms with Crippen molar-refractivity contribution >= 4 is 34.4 Å². The number of carbonyl (C=O) groups excluding carboxylic acids is 1. The average molecular weight is 563 g/mol. The molecule has 0 radical (unpaired) electrons. The van der Waals surface area contributed by atoms with Gasteiger partial charge < -0.3 is 15.0 Å². The van der Waals surface area contributed by atoms with Gasteiger partial charge in [0.25, 0.3) is 5.91 Å². The predicted octanol–water partition coefficient (Wildman–Crippen LogP) is 4.16. The van der Waals surface area contributed by atoms with Crippen molar-refractivity contribution in [1.82, 2.24) is 24.8 Å². The van der Waals surface area contributed by atoms with Gasteiger partial charge in [-0.3, -0.25) is 9.78 Å². The summed E-state index contributed by atoms with van der Waals surface area (Å²) in [7, 11) is 0.